The second-order valence-corrected chi connectivity index (χ2v) is 9.83. The number of esters is 1. The molecule has 0 fully saturated rings. The van der Waals surface area contributed by atoms with Crippen LogP contribution in [0.3, 0.4) is 0 Å². The van der Waals surface area contributed by atoms with Crippen molar-refractivity contribution in [3.05, 3.63) is 125 Å². The number of para-hydroxylation sites is 1. The lowest BCUT2D eigenvalue weighted by atomic mass is 9.76. The second kappa shape index (κ2) is 11.0. The van der Waals surface area contributed by atoms with Crippen LogP contribution in [0.4, 0.5) is 0 Å². The van der Waals surface area contributed by atoms with E-state index in [4.69, 9.17) is 23.7 Å². The Kier molecular flexibility index (Phi) is 7.15. The van der Waals surface area contributed by atoms with Gasteiger partial charge in [0.1, 0.15) is 23.9 Å². The Morgan fingerprint density at radius 2 is 1.60 bits per heavy atom. The summed E-state index contributed by atoms with van der Waals surface area (Å²) in [5, 5.41) is 12.7. The minimum atomic E-state index is -1.72. The van der Waals surface area contributed by atoms with Crippen molar-refractivity contribution < 1.29 is 33.6 Å². The molecule has 6 rings (SSSR count). The predicted molar refractivity (Wildman–Crippen MR) is 147 cm³/mol. The topological polar surface area (TPSA) is 83.5 Å². The summed E-state index contributed by atoms with van der Waals surface area (Å²) in [4.78, 5) is 13.5. The maximum absolute atomic E-state index is 13.5. The van der Waals surface area contributed by atoms with E-state index in [0.717, 1.165) is 16.7 Å². The molecule has 0 bridgehead atoms. The summed E-state index contributed by atoms with van der Waals surface area (Å²) in [6, 6.07) is 30.4. The smallest absolute Gasteiger partial charge is 0.313 e. The Bertz CT molecular complexity index is 1500. The number of hydrogen-bond acceptors (Lipinski definition) is 7. The fourth-order valence-electron chi connectivity index (χ4n) is 5.81. The van der Waals surface area contributed by atoms with E-state index in [1.165, 1.54) is 7.11 Å². The average Bonchev–Trinajstić information content (AvgIpc) is 3.58. The molecule has 1 aliphatic carbocycles. The van der Waals surface area contributed by atoms with Gasteiger partial charge in [0.15, 0.2) is 11.5 Å². The fourth-order valence-corrected chi connectivity index (χ4v) is 5.81. The number of hydrogen-bond donors (Lipinski definition) is 1. The molecule has 4 aromatic rings. The van der Waals surface area contributed by atoms with Gasteiger partial charge in [-0.25, -0.2) is 0 Å². The Hall–Kier alpha value is -4.33. The highest BCUT2D eigenvalue weighted by molar-refractivity contribution is 5.81. The summed E-state index contributed by atoms with van der Waals surface area (Å²) in [7, 11) is 1.34. The zero-order valence-corrected chi connectivity index (χ0v) is 22.1. The van der Waals surface area contributed by atoms with Crippen LogP contribution in [0, 0.1) is 5.92 Å². The van der Waals surface area contributed by atoms with Gasteiger partial charge in [-0.3, -0.25) is 4.79 Å². The van der Waals surface area contributed by atoms with Crippen LogP contribution in [0.25, 0.3) is 0 Å². The normalized spacial score (nSPS) is 20.6. The summed E-state index contributed by atoms with van der Waals surface area (Å²) in [5.41, 5.74) is 2.13. The zero-order valence-electron chi connectivity index (χ0n) is 22.1. The van der Waals surface area contributed by atoms with Gasteiger partial charge in [0, 0.05) is 11.5 Å². The highest BCUT2D eigenvalue weighted by atomic mass is 16.7. The molecule has 2 aliphatic rings. The van der Waals surface area contributed by atoms with Gasteiger partial charge in [0.05, 0.1) is 20.3 Å². The van der Waals surface area contributed by atoms with Gasteiger partial charge in [0.25, 0.3) is 0 Å². The van der Waals surface area contributed by atoms with Crippen LogP contribution in [-0.2, 0) is 26.5 Å². The number of carbonyl (C=O) groups is 1. The monoisotopic (exact) mass is 538 g/mol. The number of fused-ring (bicyclic) bond motifs is 2. The van der Waals surface area contributed by atoms with Crippen molar-refractivity contribution in [3.63, 3.8) is 0 Å². The fraction of sp³-hybridized carbons (Fsp3) is 0.242. The van der Waals surface area contributed by atoms with Gasteiger partial charge in [-0.1, -0.05) is 78.9 Å². The van der Waals surface area contributed by atoms with Gasteiger partial charge in [-0.2, -0.15) is 0 Å². The lowest BCUT2D eigenvalue weighted by molar-refractivity contribution is -0.153. The van der Waals surface area contributed by atoms with Gasteiger partial charge < -0.3 is 28.8 Å². The van der Waals surface area contributed by atoms with Crippen LogP contribution in [-0.4, -0.2) is 38.2 Å². The highest BCUT2D eigenvalue weighted by Gasteiger charge is 2.58. The van der Waals surface area contributed by atoms with Crippen molar-refractivity contribution in [3.8, 4) is 17.2 Å². The standard InChI is InChI=1S/C33H30O7/c1-36-32(34)31-30(23-15-16-28-29(19-23)40-21-39-28)24-11-5-6-12-25(24)33(31,35)26-13-7-8-14-27(26)38-18-17-37-20-22-9-3-2-4-10-22/h2-16,19,30-31,35H,17-18,20-21H2,1H3. The lowest BCUT2D eigenvalue weighted by Gasteiger charge is -2.33. The first-order valence-electron chi connectivity index (χ1n) is 13.2. The predicted octanol–water partition coefficient (Wildman–Crippen LogP) is 5.18. The quantitative estimate of drug-likeness (QED) is 0.232. The van der Waals surface area contributed by atoms with Crippen molar-refractivity contribution in [1.82, 2.24) is 0 Å². The molecule has 3 atom stereocenters. The van der Waals surface area contributed by atoms with E-state index in [9.17, 15) is 9.90 Å². The number of methoxy groups -OCH3 is 1. The Morgan fingerprint density at radius 3 is 2.42 bits per heavy atom. The highest BCUT2D eigenvalue weighted by Crippen LogP contribution is 2.57. The molecule has 0 aromatic heterocycles. The van der Waals surface area contributed by atoms with Crippen LogP contribution in [0.15, 0.2) is 97.1 Å². The van der Waals surface area contributed by atoms with Gasteiger partial charge in [-0.15, -0.1) is 0 Å². The molecule has 1 heterocycles. The molecule has 4 aromatic carbocycles. The Balaban J connectivity index is 1.34. The molecule has 0 radical (unpaired) electrons. The van der Waals surface area contributed by atoms with Crippen LogP contribution in [0.2, 0.25) is 0 Å². The summed E-state index contributed by atoms with van der Waals surface area (Å²) in [6.07, 6.45) is 0. The summed E-state index contributed by atoms with van der Waals surface area (Å²) in [6.45, 7) is 1.25. The van der Waals surface area contributed by atoms with E-state index < -0.39 is 23.4 Å². The van der Waals surface area contributed by atoms with Crippen LogP contribution < -0.4 is 14.2 Å². The molecule has 7 nitrogen and oxygen atoms in total. The van der Waals surface area contributed by atoms with Crippen molar-refractivity contribution in [1.29, 1.82) is 0 Å². The number of carbonyl (C=O) groups excluding carboxylic acids is 1. The van der Waals surface area contributed by atoms with Gasteiger partial charge in [0.2, 0.25) is 6.79 Å². The largest absolute Gasteiger partial charge is 0.491 e. The van der Waals surface area contributed by atoms with Gasteiger partial charge >= 0.3 is 5.97 Å². The van der Waals surface area contributed by atoms with Gasteiger partial charge in [-0.05, 0) is 40.5 Å². The van der Waals surface area contributed by atoms with E-state index >= 15 is 0 Å². The number of aliphatic hydroxyl groups is 1. The van der Waals surface area contributed by atoms with E-state index in [1.807, 2.05) is 84.9 Å². The molecule has 7 heteroatoms. The number of rotatable bonds is 9. The third-order valence-corrected chi connectivity index (χ3v) is 7.60. The molecular weight excluding hydrogens is 508 g/mol. The number of ether oxygens (including phenoxy) is 5. The lowest BCUT2D eigenvalue weighted by Crippen LogP contribution is -2.40. The Labute approximate surface area is 232 Å². The summed E-state index contributed by atoms with van der Waals surface area (Å²) in [5.74, 6) is -0.271. The minimum Gasteiger partial charge on any atom is -0.491 e. The molecule has 40 heavy (non-hydrogen) atoms. The summed E-state index contributed by atoms with van der Waals surface area (Å²) < 4.78 is 28.4. The molecular formula is C33H30O7. The van der Waals surface area contributed by atoms with Crippen LogP contribution in [0.5, 0.6) is 17.2 Å². The van der Waals surface area contributed by atoms with Crippen LogP contribution in [0.1, 0.15) is 33.7 Å². The summed E-state index contributed by atoms with van der Waals surface area (Å²) >= 11 is 0. The number of benzene rings is 4. The SMILES string of the molecule is COC(=O)C1C(c2ccc3c(c2)OCO3)c2ccccc2C1(O)c1ccccc1OCCOCc1ccccc1. The first kappa shape index (κ1) is 25.9. The van der Waals surface area contributed by atoms with E-state index in [2.05, 4.69) is 0 Å². The first-order chi connectivity index (χ1) is 19.6. The van der Waals surface area contributed by atoms with Crippen molar-refractivity contribution in [2.45, 2.75) is 18.1 Å². The first-order valence-corrected chi connectivity index (χ1v) is 13.2. The van der Waals surface area contributed by atoms with E-state index in [1.54, 1.807) is 12.1 Å². The minimum absolute atomic E-state index is 0.143. The molecule has 0 saturated heterocycles. The zero-order chi connectivity index (χ0) is 27.5. The molecule has 0 spiro atoms. The molecule has 204 valence electrons. The van der Waals surface area contributed by atoms with Crippen molar-refractivity contribution in [2.75, 3.05) is 27.1 Å². The third-order valence-electron chi connectivity index (χ3n) is 7.60. The maximum Gasteiger partial charge on any atom is 0.313 e. The van der Waals surface area contributed by atoms with Crippen LogP contribution >= 0.6 is 0 Å². The molecule has 0 saturated carbocycles. The average molecular weight is 539 g/mol. The third kappa shape index (κ3) is 4.57. The van der Waals surface area contributed by atoms with E-state index in [-0.39, 0.29) is 13.4 Å². The second-order valence-electron chi connectivity index (χ2n) is 9.83. The van der Waals surface area contributed by atoms with Crippen molar-refractivity contribution in [2.24, 2.45) is 5.92 Å². The molecule has 1 aliphatic heterocycles. The maximum atomic E-state index is 13.5. The Morgan fingerprint density at radius 1 is 0.875 bits per heavy atom. The molecule has 0 amide bonds. The van der Waals surface area contributed by atoms with Crippen molar-refractivity contribution >= 4 is 5.97 Å². The van der Waals surface area contributed by atoms with E-state index in [0.29, 0.717) is 41.6 Å². The molecule has 1 N–H and O–H groups in total. The molecule has 3 unspecified atom stereocenters.